The summed E-state index contributed by atoms with van der Waals surface area (Å²) in [5.41, 5.74) is -2.68. The van der Waals surface area contributed by atoms with Gasteiger partial charge in [0.15, 0.2) is 23.3 Å². The number of nitro benzene ring substituents is 1. The topological polar surface area (TPSA) is 67.5 Å². The van der Waals surface area contributed by atoms with Crippen LogP contribution in [0, 0.1) is 39.2 Å². The van der Waals surface area contributed by atoms with Crippen molar-refractivity contribution < 1.29 is 40.0 Å². The maximum absolute atomic E-state index is 13.4. The summed E-state index contributed by atoms with van der Waals surface area (Å²) in [6.07, 6.45) is -4.74. The highest BCUT2D eigenvalue weighted by Crippen LogP contribution is 2.35. The molecule has 13 heteroatoms. The first kappa shape index (κ1) is 20.1. The standard InChI is InChI=1S/C14H5F8N3O2/c15-9-6(10(16)12(18)13(19)11(9)17)4-23-24-7-2-1-5(14(20,21)22)3-8(7)25(26)27/h1-4,24H/b23-4-. The van der Waals surface area contributed by atoms with Gasteiger partial charge in [0.05, 0.1) is 22.3 Å². The highest BCUT2D eigenvalue weighted by atomic mass is 19.4. The lowest BCUT2D eigenvalue weighted by Gasteiger charge is -2.08. The fourth-order valence-electron chi connectivity index (χ4n) is 1.86. The van der Waals surface area contributed by atoms with E-state index in [1.54, 1.807) is 0 Å². The SMILES string of the molecule is O=[N+]([O-])c1cc(C(F)(F)F)ccc1N/N=C\c1c(F)c(F)c(F)c(F)c1F. The fraction of sp³-hybridized carbons (Fsp3) is 0.0714. The summed E-state index contributed by atoms with van der Waals surface area (Å²) in [6, 6.07) is 1.25. The molecule has 27 heavy (non-hydrogen) atoms. The average molecular weight is 399 g/mol. The van der Waals surface area contributed by atoms with Crippen molar-refractivity contribution in [1.82, 2.24) is 0 Å². The second-order valence-corrected chi connectivity index (χ2v) is 4.84. The lowest BCUT2D eigenvalue weighted by Crippen LogP contribution is -2.08. The number of hydrogen-bond acceptors (Lipinski definition) is 4. The molecular weight excluding hydrogens is 394 g/mol. The van der Waals surface area contributed by atoms with Gasteiger partial charge in [-0.2, -0.15) is 18.3 Å². The fourth-order valence-corrected chi connectivity index (χ4v) is 1.86. The molecule has 5 nitrogen and oxygen atoms in total. The van der Waals surface area contributed by atoms with E-state index in [0.29, 0.717) is 12.1 Å². The molecule has 0 saturated heterocycles. The predicted octanol–water partition coefficient (Wildman–Crippen LogP) is 4.76. The molecule has 0 radical (unpaired) electrons. The highest BCUT2D eigenvalue weighted by molar-refractivity contribution is 5.81. The Kier molecular flexibility index (Phi) is 5.33. The van der Waals surface area contributed by atoms with Gasteiger partial charge >= 0.3 is 6.18 Å². The summed E-state index contributed by atoms with van der Waals surface area (Å²) in [5, 5.41) is 13.9. The van der Waals surface area contributed by atoms with E-state index in [2.05, 4.69) is 5.10 Å². The largest absolute Gasteiger partial charge is 0.416 e. The van der Waals surface area contributed by atoms with Gasteiger partial charge in [-0.15, -0.1) is 0 Å². The van der Waals surface area contributed by atoms with Gasteiger partial charge < -0.3 is 0 Å². The van der Waals surface area contributed by atoms with Crippen LogP contribution in [-0.2, 0) is 6.18 Å². The number of halogens is 8. The lowest BCUT2D eigenvalue weighted by atomic mass is 10.1. The minimum atomic E-state index is -4.87. The Morgan fingerprint density at radius 2 is 1.48 bits per heavy atom. The summed E-state index contributed by atoms with van der Waals surface area (Å²) < 4.78 is 104. The zero-order valence-electron chi connectivity index (χ0n) is 12.5. The van der Waals surface area contributed by atoms with E-state index in [4.69, 9.17) is 0 Å². The monoisotopic (exact) mass is 399 g/mol. The summed E-state index contributed by atoms with van der Waals surface area (Å²) in [6.45, 7) is 0. The van der Waals surface area contributed by atoms with Crippen LogP contribution in [0.3, 0.4) is 0 Å². The van der Waals surface area contributed by atoms with Gasteiger partial charge in [0.2, 0.25) is 5.82 Å². The molecule has 1 N–H and O–H groups in total. The van der Waals surface area contributed by atoms with Gasteiger partial charge in [0, 0.05) is 6.07 Å². The van der Waals surface area contributed by atoms with Gasteiger partial charge in [-0.1, -0.05) is 0 Å². The van der Waals surface area contributed by atoms with Crippen LogP contribution in [0.25, 0.3) is 0 Å². The van der Waals surface area contributed by atoms with Crippen molar-refractivity contribution >= 4 is 17.6 Å². The van der Waals surface area contributed by atoms with Crippen LogP contribution in [-0.4, -0.2) is 11.1 Å². The first-order valence-corrected chi connectivity index (χ1v) is 6.61. The van der Waals surface area contributed by atoms with Crippen LogP contribution in [0.15, 0.2) is 23.3 Å². The molecule has 0 aliphatic carbocycles. The van der Waals surface area contributed by atoms with E-state index in [1.165, 1.54) is 0 Å². The smallest absolute Gasteiger partial charge is 0.272 e. The summed E-state index contributed by atoms with van der Waals surface area (Å²) >= 11 is 0. The van der Waals surface area contributed by atoms with Crippen molar-refractivity contribution in [2.75, 3.05) is 5.43 Å². The third kappa shape index (κ3) is 3.96. The molecule has 0 aliphatic heterocycles. The van der Waals surface area contributed by atoms with Crippen LogP contribution in [0.5, 0.6) is 0 Å². The van der Waals surface area contributed by atoms with Gasteiger partial charge in [0.1, 0.15) is 5.69 Å². The molecule has 0 unspecified atom stereocenters. The Labute approximate surface area is 144 Å². The highest BCUT2D eigenvalue weighted by Gasteiger charge is 2.33. The molecule has 0 saturated carbocycles. The number of hydrogen-bond donors (Lipinski definition) is 1. The molecule has 0 spiro atoms. The zero-order valence-corrected chi connectivity index (χ0v) is 12.5. The third-order valence-electron chi connectivity index (χ3n) is 3.14. The Hall–Kier alpha value is -3.25. The Balaban J connectivity index is 2.39. The summed E-state index contributed by atoms with van der Waals surface area (Å²) in [4.78, 5) is 9.67. The van der Waals surface area contributed by atoms with Crippen LogP contribution in [0.2, 0.25) is 0 Å². The first-order valence-electron chi connectivity index (χ1n) is 6.61. The number of rotatable bonds is 4. The summed E-state index contributed by atoms with van der Waals surface area (Å²) in [5.74, 6) is -11.3. The molecule has 0 amide bonds. The van der Waals surface area contributed by atoms with Crippen LogP contribution < -0.4 is 5.43 Å². The van der Waals surface area contributed by atoms with Gasteiger partial charge in [-0.25, -0.2) is 22.0 Å². The number of alkyl halides is 3. The van der Waals surface area contributed by atoms with Crippen LogP contribution in [0.1, 0.15) is 11.1 Å². The van der Waals surface area contributed by atoms with E-state index in [0.717, 1.165) is 0 Å². The Bertz CT molecular complexity index is 914. The van der Waals surface area contributed by atoms with Gasteiger partial charge in [-0.3, -0.25) is 15.5 Å². The van der Waals surface area contributed by atoms with Gasteiger partial charge in [0.25, 0.3) is 5.69 Å². The van der Waals surface area contributed by atoms with E-state index < -0.39 is 62.7 Å². The molecule has 144 valence electrons. The Morgan fingerprint density at radius 1 is 0.963 bits per heavy atom. The number of anilines is 1. The minimum absolute atomic E-state index is 0.137. The Morgan fingerprint density at radius 3 is 1.96 bits per heavy atom. The number of hydrazone groups is 1. The molecule has 0 atom stereocenters. The molecule has 2 rings (SSSR count). The van der Waals surface area contributed by atoms with Crippen molar-refractivity contribution in [1.29, 1.82) is 0 Å². The van der Waals surface area contributed by atoms with E-state index >= 15 is 0 Å². The maximum Gasteiger partial charge on any atom is 0.416 e. The summed E-state index contributed by atoms with van der Waals surface area (Å²) in [7, 11) is 0. The van der Waals surface area contributed by atoms with Crippen LogP contribution in [0.4, 0.5) is 46.5 Å². The quantitative estimate of drug-likeness (QED) is 0.201. The normalized spacial score (nSPS) is 11.9. The molecule has 0 fully saturated rings. The van der Waals surface area contributed by atoms with Crippen molar-refractivity contribution in [3.05, 3.63) is 68.5 Å². The van der Waals surface area contributed by atoms with E-state index in [1.807, 2.05) is 5.43 Å². The molecule has 0 bridgehead atoms. The molecular formula is C14H5F8N3O2. The molecule has 2 aromatic rings. The van der Waals surface area contributed by atoms with Crippen LogP contribution >= 0.6 is 0 Å². The molecule has 2 aromatic carbocycles. The predicted molar refractivity (Wildman–Crippen MR) is 75.5 cm³/mol. The van der Waals surface area contributed by atoms with E-state index in [-0.39, 0.29) is 12.3 Å². The zero-order chi connectivity index (χ0) is 20.5. The average Bonchev–Trinajstić information content (AvgIpc) is 2.60. The van der Waals surface area contributed by atoms with Crippen molar-refractivity contribution in [2.24, 2.45) is 5.10 Å². The van der Waals surface area contributed by atoms with E-state index in [9.17, 15) is 45.2 Å². The maximum atomic E-state index is 13.4. The third-order valence-corrected chi connectivity index (χ3v) is 3.14. The number of benzene rings is 2. The number of nitro groups is 1. The molecule has 0 heterocycles. The number of nitrogens with one attached hydrogen (secondary N) is 1. The van der Waals surface area contributed by atoms with Gasteiger partial charge in [-0.05, 0) is 12.1 Å². The molecule has 0 aromatic heterocycles. The molecule has 0 aliphatic rings. The van der Waals surface area contributed by atoms with Crippen molar-refractivity contribution in [3.63, 3.8) is 0 Å². The first-order chi connectivity index (χ1) is 12.4. The number of nitrogens with zero attached hydrogens (tertiary/aromatic N) is 2. The minimum Gasteiger partial charge on any atom is -0.272 e. The lowest BCUT2D eigenvalue weighted by molar-refractivity contribution is -0.384. The van der Waals surface area contributed by atoms with Crippen molar-refractivity contribution in [2.45, 2.75) is 6.18 Å². The van der Waals surface area contributed by atoms with Crippen molar-refractivity contribution in [3.8, 4) is 0 Å². The second-order valence-electron chi connectivity index (χ2n) is 4.84. The second kappa shape index (κ2) is 7.17.